The van der Waals surface area contributed by atoms with Gasteiger partial charge in [0.2, 0.25) is 0 Å². The summed E-state index contributed by atoms with van der Waals surface area (Å²) in [5, 5.41) is 59.8. The molecule has 25 nitrogen and oxygen atoms in total. The Bertz CT molecular complexity index is 2640. The van der Waals surface area contributed by atoms with Gasteiger partial charge in [0.15, 0.2) is 5.78 Å². The lowest BCUT2D eigenvalue weighted by molar-refractivity contribution is -0.385. The van der Waals surface area contributed by atoms with E-state index in [4.69, 9.17) is 33.0 Å². The number of methoxy groups -OCH3 is 1. The normalized spacial score (nSPS) is 14.0. The molecule has 1 aliphatic carbocycles. The Morgan fingerprint density at radius 2 is 1.29 bits per heavy atom. The lowest BCUT2D eigenvalue weighted by Gasteiger charge is -2.35. The van der Waals surface area contributed by atoms with Crippen molar-refractivity contribution in [3.63, 3.8) is 0 Å². The Morgan fingerprint density at radius 3 is 1.83 bits per heavy atom. The number of benzene rings is 3. The predicted octanol–water partition coefficient (Wildman–Crippen LogP) is 3.26. The van der Waals surface area contributed by atoms with Gasteiger partial charge in [-0.25, -0.2) is 4.79 Å². The molecule has 0 saturated heterocycles. The van der Waals surface area contributed by atoms with Crippen molar-refractivity contribution in [1.29, 1.82) is 0 Å². The smallest absolute Gasteiger partial charge is 0.373 e. The number of hydrogen-bond donors (Lipinski definition) is 5. The summed E-state index contributed by atoms with van der Waals surface area (Å²) < 4.78 is 28.3. The van der Waals surface area contributed by atoms with Crippen LogP contribution >= 0.6 is 0 Å². The third-order valence-corrected chi connectivity index (χ3v) is 10.8. The minimum Gasteiger partial charge on any atom is -0.497 e. The summed E-state index contributed by atoms with van der Waals surface area (Å²) in [5.41, 5.74) is -1.53. The van der Waals surface area contributed by atoms with Gasteiger partial charge in [0, 0.05) is 37.0 Å². The molecule has 0 amide bonds. The Balaban J connectivity index is 0.00000346. The van der Waals surface area contributed by atoms with Gasteiger partial charge in [0.1, 0.15) is 73.6 Å². The van der Waals surface area contributed by atoms with E-state index in [0.29, 0.717) is 42.5 Å². The van der Waals surface area contributed by atoms with Gasteiger partial charge in [0.05, 0.1) is 48.1 Å². The molecule has 5 N–H and O–H groups in total. The number of carboxylic acid groups (broad SMARTS) is 5. The summed E-state index contributed by atoms with van der Waals surface area (Å²) in [4.78, 5) is 116. The number of carboxylic acids is 5. The van der Waals surface area contributed by atoms with Crippen LogP contribution in [-0.4, -0.2) is 143 Å². The third-order valence-electron chi connectivity index (χ3n) is 10.8. The quantitative estimate of drug-likeness (QED) is 0.0198. The zero-order valence-electron chi connectivity index (χ0n) is 37.6. The van der Waals surface area contributed by atoms with Crippen LogP contribution in [0.25, 0.3) is 11.0 Å². The van der Waals surface area contributed by atoms with E-state index in [1.807, 2.05) is 0 Å². The minimum absolute atomic E-state index is 0.00887. The fraction of sp³-hybridized carbons (Fsp3) is 0.378. The van der Waals surface area contributed by atoms with Gasteiger partial charge in [-0.1, -0.05) is 0 Å². The van der Waals surface area contributed by atoms with Crippen LogP contribution in [0.15, 0.2) is 63.8 Å². The first-order valence-corrected chi connectivity index (χ1v) is 21.0. The average Bonchev–Trinajstić information content (AvgIpc) is 3.28. The largest absolute Gasteiger partial charge is 0.497 e. The van der Waals surface area contributed by atoms with Crippen molar-refractivity contribution in [3.05, 3.63) is 86.3 Å². The number of carbonyl (C=O) groups is 6. The van der Waals surface area contributed by atoms with Crippen LogP contribution in [0.4, 0.5) is 17.1 Å². The summed E-state index contributed by atoms with van der Waals surface area (Å²) in [6, 6.07) is 12.2. The molecule has 0 spiro atoms. The van der Waals surface area contributed by atoms with Gasteiger partial charge in [-0.2, -0.15) is 9.59 Å². The Kier molecular flexibility index (Phi) is 19.7. The highest BCUT2D eigenvalue weighted by Gasteiger charge is 2.31. The molecule has 1 heterocycles. The molecule has 1 aliphatic rings. The molecule has 3 aromatic carbocycles. The molecule has 5 rings (SSSR count). The van der Waals surface area contributed by atoms with Crippen LogP contribution in [0.3, 0.4) is 0 Å². The average molecular weight is 981 g/mol. The van der Waals surface area contributed by atoms with Crippen molar-refractivity contribution >= 4 is 69.8 Å². The predicted molar refractivity (Wildman–Crippen MR) is 239 cm³/mol. The maximum Gasteiger partial charge on any atom is 0.373 e. The minimum atomic E-state index is -1.42. The lowest BCUT2D eigenvalue weighted by Crippen LogP contribution is -2.44. The number of ether oxygens (including phenoxy) is 4. The number of hydrogen-bond acceptors (Lipinski definition) is 19. The highest BCUT2D eigenvalue weighted by atomic mass is 16.6. The van der Waals surface area contributed by atoms with Gasteiger partial charge >= 0.3 is 41.6 Å². The molecular weight excluding hydrogens is 933 g/mol. The van der Waals surface area contributed by atoms with E-state index in [1.54, 1.807) is 12.1 Å². The first kappa shape index (κ1) is 54.0. The second kappa shape index (κ2) is 25.5. The molecule has 25 heteroatoms. The van der Waals surface area contributed by atoms with E-state index in [-0.39, 0.29) is 83.9 Å². The lowest BCUT2D eigenvalue weighted by atomic mass is 9.82. The van der Waals surface area contributed by atoms with Crippen molar-refractivity contribution in [2.45, 2.75) is 44.8 Å². The van der Waals surface area contributed by atoms with E-state index in [9.17, 15) is 69.2 Å². The topological polar surface area (TPSA) is 358 Å². The third kappa shape index (κ3) is 15.8. The molecule has 1 saturated carbocycles. The molecule has 1 aromatic heterocycles. The van der Waals surface area contributed by atoms with Gasteiger partial charge < -0.3 is 58.7 Å². The molecule has 0 unspecified atom stereocenters. The van der Waals surface area contributed by atoms with E-state index < -0.39 is 84.7 Å². The SMILES string of the molecule is COc1ccc(N(C)CC(=O)O)c(OCCOc2cc([N+](=O)[O-])c(COc3ccc4cc(C(=O)CC5CCC(N(CC(=O)O)CC(=O)O)CC5)c(=O)oc4c3)cc2N(CC(=O)O)CC(=O)O)c1.O=C=O. The molecule has 374 valence electrons. The second-order valence-corrected chi connectivity index (χ2v) is 15.6. The molecule has 0 bridgehead atoms. The first-order chi connectivity index (χ1) is 33.2. The molecule has 70 heavy (non-hydrogen) atoms. The van der Waals surface area contributed by atoms with Crippen molar-refractivity contribution in [2.75, 3.05) is 69.9 Å². The second-order valence-electron chi connectivity index (χ2n) is 15.6. The zero-order valence-corrected chi connectivity index (χ0v) is 37.6. The van der Waals surface area contributed by atoms with Crippen LogP contribution in [0.2, 0.25) is 0 Å². The van der Waals surface area contributed by atoms with E-state index >= 15 is 0 Å². The summed E-state index contributed by atoms with van der Waals surface area (Å²) in [6.45, 7) is -3.98. The number of carbonyl (C=O) groups excluding carboxylic acids is 3. The molecular formula is C45H48N4O21. The Labute approximate surface area is 396 Å². The van der Waals surface area contributed by atoms with Crippen LogP contribution < -0.4 is 34.4 Å². The number of likely N-dealkylation sites (N-methyl/N-ethyl adjacent to an activating group) is 1. The van der Waals surface area contributed by atoms with Crippen molar-refractivity contribution in [1.82, 2.24) is 4.90 Å². The monoisotopic (exact) mass is 980 g/mol. The van der Waals surface area contributed by atoms with Crippen molar-refractivity contribution in [3.8, 4) is 23.0 Å². The number of rotatable bonds is 26. The summed E-state index contributed by atoms with van der Waals surface area (Å²) in [6.07, 6.45) is 2.22. The van der Waals surface area contributed by atoms with Gasteiger partial charge in [-0.15, -0.1) is 0 Å². The molecule has 0 radical (unpaired) electrons. The number of nitrogens with zero attached hydrogens (tertiary/aromatic N) is 4. The molecule has 1 fully saturated rings. The number of fused-ring (bicyclic) bond motifs is 1. The van der Waals surface area contributed by atoms with E-state index in [1.165, 1.54) is 54.3 Å². The molecule has 4 aromatic rings. The summed E-state index contributed by atoms with van der Waals surface area (Å²) in [5.74, 6) is -6.45. The van der Waals surface area contributed by atoms with Gasteiger partial charge in [0.25, 0.3) is 5.69 Å². The van der Waals surface area contributed by atoms with Crippen LogP contribution in [0.5, 0.6) is 23.0 Å². The van der Waals surface area contributed by atoms with Crippen LogP contribution in [0.1, 0.15) is 48.0 Å². The number of nitro groups is 1. The summed E-state index contributed by atoms with van der Waals surface area (Å²) >= 11 is 0. The molecule has 0 atom stereocenters. The number of nitro benzene ring substituents is 1. The highest BCUT2D eigenvalue weighted by Crippen LogP contribution is 2.38. The van der Waals surface area contributed by atoms with Gasteiger partial charge in [-0.05, 0) is 68.0 Å². The molecule has 0 aliphatic heterocycles. The first-order valence-electron chi connectivity index (χ1n) is 21.0. The Hall–Kier alpha value is -8.57. The zero-order chi connectivity index (χ0) is 51.7. The number of ketones is 1. The highest BCUT2D eigenvalue weighted by molar-refractivity contribution is 5.98. The maximum atomic E-state index is 13.3. The fourth-order valence-corrected chi connectivity index (χ4v) is 7.73. The fourth-order valence-electron chi connectivity index (χ4n) is 7.73. The van der Waals surface area contributed by atoms with Crippen molar-refractivity contribution < 1.29 is 92.2 Å². The number of Topliss-reactive ketones (excluding diaryl/α,β-unsaturated/α-hetero) is 1. The van der Waals surface area contributed by atoms with Gasteiger partial charge in [-0.3, -0.25) is 43.8 Å². The van der Waals surface area contributed by atoms with Crippen LogP contribution in [0, 0.1) is 16.0 Å². The van der Waals surface area contributed by atoms with Crippen LogP contribution in [-0.2, 0) is 40.2 Å². The van der Waals surface area contributed by atoms with Crippen molar-refractivity contribution in [2.24, 2.45) is 5.92 Å². The number of aliphatic carboxylic acids is 5. The van der Waals surface area contributed by atoms with E-state index in [0.717, 1.165) is 17.0 Å². The maximum absolute atomic E-state index is 13.3. The Morgan fingerprint density at radius 1 is 0.729 bits per heavy atom. The number of anilines is 2. The summed E-state index contributed by atoms with van der Waals surface area (Å²) in [7, 11) is 2.95. The van der Waals surface area contributed by atoms with E-state index in [2.05, 4.69) is 0 Å². The standard InChI is InChI=1S/C44H48N4O19.CO2/c1-45(19-39(50)51)32-10-9-29(63-2)16-37(32)64-11-12-65-38-18-33(48(61)62)27(15-34(38)47(22-42(56)57)23-43(58)59)24-66-30-8-5-26-14-31(44(60)67-36(26)17-30)35(49)13-25-3-6-28(7-4-25)46(20-40(52)53)21-41(54)55;2-1-3/h5,8-10,14-18,25,28H,3-4,6-7,11-13,19-24H2,1-2H3,(H,50,51)(H,52,53)(H,54,55)(H,56,57)(H,58,59);.